The number of imide groups is 1. The Balaban J connectivity index is 1.25. The minimum Gasteiger partial charge on any atom is -0.494 e. The Kier molecular flexibility index (Phi) is 12.3. The van der Waals surface area contributed by atoms with Gasteiger partial charge in [0, 0.05) is 27.3 Å². The van der Waals surface area contributed by atoms with Crippen LogP contribution in [0.25, 0.3) is 10.8 Å². The monoisotopic (exact) mass is 899 g/mol. The van der Waals surface area contributed by atoms with E-state index >= 15 is 9.59 Å². The van der Waals surface area contributed by atoms with Gasteiger partial charge < -0.3 is 20.5 Å². The van der Waals surface area contributed by atoms with Crippen LogP contribution in [0.2, 0.25) is 5.02 Å². The number of ether oxygens (including phenoxy) is 2. The molecule has 2 aliphatic carbocycles. The van der Waals surface area contributed by atoms with E-state index in [1.807, 2.05) is 51.1 Å². The van der Waals surface area contributed by atoms with Crippen LogP contribution in [0.3, 0.4) is 0 Å². The third kappa shape index (κ3) is 8.20. The van der Waals surface area contributed by atoms with Crippen molar-refractivity contribution in [2.24, 2.45) is 23.5 Å². The van der Waals surface area contributed by atoms with Gasteiger partial charge in [0.15, 0.2) is 6.10 Å². The summed E-state index contributed by atoms with van der Waals surface area (Å²) in [5.41, 5.74) is 4.90. The average molecular weight is 901 g/mol. The quantitative estimate of drug-likeness (QED) is 0.0893. The van der Waals surface area contributed by atoms with Crippen LogP contribution in [-0.4, -0.2) is 84.3 Å². The average Bonchev–Trinajstić information content (AvgIpc) is 4.20. The molecule has 334 valence electrons. The molecule has 4 aromatic rings. The molecule has 63 heavy (non-hydrogen) atoms. The number of pyridine rings is 1. The van der Waals surface area contributed by atoms with Gasteiger partial charge in [0.05, 0.1) is 35.7 Å². The Labute approximate surface area is 373 Å². The molecule has 2 heterocycles. The summed E-state index contributed by atoms with van der Waals surface area (Å²) in [7, 11) is -2.82. The highest BCUT2D eigenvalue weighted by molar-refractivity contribution is 7.94. The van der Waals surface area contributed by atoms with Crippen molar-refractivity contribution in [3.8, 4) is 11.6 Å². The minimum atomic E-state index is -4.35. The third-order valence-corrected chi connectivity index (χ3v) is 15.6. The molecule has 3 fully saturated rings. The van der Waals surface area contributed by atoms with Gasteiger partial charge in [-0.2, -0.15) is 4.48 Å². The number of rotatable bonds is 14. The summed E-state index contributed by atoms with van der Waals surface area (Å²) >= 11 is 6.41. The number of sulfonamides is 1. The maximum absolute atomic E-state index is 15.3. The molecule has 5 amide bonds. The molecule has 0 spiro atoms. The Morgan fingerprint density at radius 1 is 1.03 bits per heavy atom. The van der Waals surface area contributed by atoms with E-state index < -0.39 is 84.6 Å². The van der Waals surface area contributed by atoms with Crippen LogP contribution in [0.4, 0.5) is 10.5 Å². The number of anilines is 1. The summed E-state index contributed by atoms with van der Waals surface area (Å²) in [6.45, 7) is 14.6. The number of nitrogens with one attached hydrogen (secondary N) is 2. The summed E-state index contributed by atoms with van der Waals surface area (Å²) in [6.07, 6.45) is 2.95. The van der Waals surface area contributed by atoms with Gasteiger partial charge in [0.25, 0.3) is 11.8 Å². The number of amides is 5. The molecule has 4 unspecified atom stereocenters. The van der Waals surface area contributed by atoms with Crippen molar-refractivity contribution in [3.63, 3.8) is 0 Å². The number of urea groups is 1. The maximum Gasteiger partial charge on any atom is 0.425 e. The molecule has 1 aromatic heterocycles. The largest absolute Gasteiger partial charge is 0.494 e. The number of likely N-dealkylation sites (tertiary alicyclic amines) is 1. The molecule has 1 aliphatic heterocycles. The Morgan fingerprint density at radius 2 is 1.73 bits per heavy atom. The first-order chi connectivity index (χ1) is 29.7. The number of hydrogen-bond acceptors (Lipinski definition) is 10. The van der Waals surface area contributed by atoms with E-state index in [-0.39, 0.29) is 36.0 Å². The van der Waals surface area contributed by atoms with Gasteiger partial charge in [-0.05, 0) is 87.9 Å². The highest BCUT2D eigenvalue weighted by Crippen LogP contribution is 2.49. The lowest BCUT2D eigenvalue weighted by atomic mass is 9.94. The van der Waals surface area contributed by atoms with E-state index in [0.29, 0.717) is 34.4 Å². The number of carbonyl (C=O) groups is 4. The zero-order valence-corrected chi connectivity index (χ0v) is 38.2. The van der Waals surface area contributed by atoms with E-state index in [2.05, 4.69) is 22.2 Å². The fourth-order valence-corrected chi connectivity index (χ4v) is 10.7. The zero-order chi connectivity index (χ0) is 45.8. The molecule has 14 nitrogen and oxygen atoms in total. The molecule has 2 saturated carbocycles. The predicted molar refractivity (Wildman–Crippen MR) is 242 cm³/mol. The number of methoxy groups -OCH3 is 1. The molecular formula is C47H56ClN6O8S+. The topological polar surface area (TPSA) is 187 Å². The van der Waals surface area contributed by atoms with Crippen molar-refractivity contribution in [1.29, 1.82) is 0 Å². The first kappa shape index (κ1) is 45.7. The number of carbonyl (C=O) groups excluding carboxylic acids is 4. The van der Waals surface area contributed by atoms with Crippen molar-refractivity contribution < 1.29 is 41.6 Å². The van der Waals surface area contributed by atoms with Crippen molar-refractivity contribution in [2.75, 3.05) is 18.0 Å². The highest BCUT2D eigenvalue weighted by Gasteiger charge is 2.68. The summed E-state index contributed by atoms with van der Waals surface area (Å²) in [5, 5.41) is 6.80. The zero-order valence-electron chi connectivity index (χ0n) is 36.6. The Hall–Kier alpha value is -5.35. The molecular weight excluding hydrogens is 844 g/mol. The van der Waals surface area contributed by atoms with E-state index in [4.69, 9.17) is 26.8 Å². The number of nitrogens with zero attached hydrogens (tertiary/aromatic N) is 3. The molecule has 0 radical (unpaired) electrons. The van der Waals surface area contributed by atoms with E-state index in [1.165, 1.54) is 37.6 Å². The first-order valence-corrected chi connectivity index (χ1v) is 23.1. The number of fused-ring (bicyclic) bond motifs is 1. The van der Waals surface area contributed by atoms with Crippen LogP contribution in [0, 0.1) is 17.8 Å². The number of nitrogens with two attached hydrogens (primary N) is 1. The second kappa shape index (κ2) is 17.0. The van der Waals surface area contributed by atoms with Gasteiger partial charge in [0.1, 0.15) is 29.9 Å². The van der Waals surface area contributed by atoms with Crippen LogP contribution in [0.1, 0.15) is 76.7 Å². The number of aromatic nitrogens is 1. The number of hydrogen-bond donors (Lipinski definition) is 3. The van der Waals surface area contributed by atoms with Crippen LogP contribution in [-0.2, 0) is 25.2 Å². The fraction of sp³-hybridized carbons (Fsp3) is 0.426. The smallest absolute Gasteiger partial charge is 0.425 e. The van der Waals surface area contributed by atoms with Crippen molar-refractivity contribution in [2.45, 2.75) is 95.3 Å². The standard InChI is InChI=1S/C47H55ClN6O8S/c1-9-31-24-47(31,44(57)53(63(59,60)35-19-20-35)34-17-13-14-30(22-34)41(55)51-46(6,7)32-15-11-10-12-16-32)52-45(58)54(43(56)40(49)27(2)3)26-39(28(4)29(54)5)62-42-37-23-33(48)18-21-36(37)38(61-8)25-50-42/h9-18,21-23,25,27-29,31,35,39-40H,1,19-20,24,26,49H2,2-8H3,(H-,51,52,55,58)/p+1/t28?,29?,31-,39+,40?,47-,54?/m1/s1. The SMILES string of the molecule is C=C[C@@H]1C[C@]1(NC(=O)[N+]1(C(=O)C(N)C(C)C)C[C@H](Oc2ncc(OC)c3ccc(Cl)cc23)C(C)C1C)C(=O)N(c1cccc(C(=O)NC(C)(C)c2ccccc2)c1)S(=O)(=O)C1CC1. The van der Waals surface area contributed by atoms with E-state index in [1.54, 1.807) is 45.0 Å². The number of quaternary nitrogens is 1. The fourth-order valence-electron chi connectivity index (χ4n) is 8.69. The molecule has 4 N–H and O–H groups in total. The van der Waals surface area contributed by atoms with Gasteiger partial charge >= 0.3 is 11.9 Å². The van der Waals surface area contributed by atoms with Crippen LogP contribution < -0.4 is 30.1 Å². The van der Waals surface area contributed by atoms with Gasteiger partial charge in [-0.25, -0.2) is 27.3 Å². The summed E-state index contributed by atoms with van der Waals surface area (Å²) in [4.78, 5) is 63.6. The number of halogens is 1. The Morgan fingerprint density at radius 3 is 2.35 bits per heavy atom. The molecule has 7 atom stereocenters. The maximum atomic E-state index is 15.3. The second-order valence-electron chi connectivity index (χ2n) is 18.0. The van der Waals surface area contributed by atoms with Crippen molar-refractivity contribution in [1.82, 2.24) is 15.6 Å². The Bertz CT molecular complexity index is 2590. The van der Waals surface area contributed by atoms with Gasteiger partial charge in [-0.1, -0.05) is 74.8 Å². The van der Waals surface area contributed by atoms with Crippen molar-refractivity contribution >= 4 is 61.8 Å². The molecule has 0 bridgehead atoms. The summed E-state index contributed by atoms with van der Waals surface area (Å²) in [6, 6.07) is 17.8. The van der Waals surface area contributed by atoms with Crippen LogP contribution in [0.15, 0.2) is 91.6 Å². The molecule has 16 heteroatoms. The lowest BCUT2D eigenvalue weighted by molar-refractivity contribution is -0.789. The summed E-state index contributed by atoms with van der Waals surface area (Å²) < 4.78 is 40.8. The third-order valence-electron chi connectivity index (χ3n) is 13.2. The lowest BCUT2D eigenvalue weighted by Gasteiger charge is -2.37. The van der Waals surface area contributed by atoms with Crippen LogP contribution in [0.5, 0.6) is 11.6 Å². The van der Waals surface area contributed by atoms with Gasteiger partial charge in [0.2, 0.25) is 15.9 Å². The van der Waals surface area contributed by atoms with Gasteiger partial charge in [-0.15, -0.1) is 6.58 Å². The first-order valence-electron chi connectivity index (χ1n) is 21.2. The van der Waals surface area contributed by atoms with Crippen LogP contribution >= 0.6 is 11.6 Å². The van der Waals surface area contributed by atoms with Gasteiger partial charge in [-0.3, -0.25) is 14.9 Å². The normalized spacial score (nSPS) is 24.9. The van der Waals surface area contributed by atoms with E-state index in [0.717, 1.165) is 9.87 Å². The number of benzene rings is 3. The predicted octanol–water partition coefficient (Wildman–Crippen LogP) is 6.85. The molecule has 3 aliphatic rings. The van der Waals surface area contributed by atoms with Crippen molar-refractivity contribution in [3.05, 3.63) is 108 Å². The molecule has 3 aromatic carbocycles. The molecule has 1 saturated heterocycles. The second-order valence-corrected chi connectivity index (χ2v) is 20.5. The minimum absolute atomic E-state index is 0.0139. The summed E-state index contributed by atoms with van der Waals surface area (Å²) in [5.74, 6) is -2.77. The highest BCUT2D eigenvalue weighted by atomic mass is 35.5. The molecule has 7 rings (SSSR count). The van der Waals surface area contributed by atoms with E-state index in [9.17, 15) is 18.0 Å². The lowest BCUT2D eigenvalue weighted by Crippen LogP contribution is -2.70.